The monoisotopic (exact) mass is 203 g/mol. The zero-order valence-electron chi connectivity index (χ0n) is 7.13. The predicted molar refractivity (Wildman–Crippen MR) is 53.2 cm³/mol. The van der Waals surface area contributed by atoms with E-state index in [2.05, 4.69) is 27.3 Å². The van der Waals surface area contributed by atoms with E-state index in [4.69, 9.17) is 0 Å². The molecule has 0 aromatic carbocycles. The van der Waals surface area contributed by atoms with Gasteiger partial charge in [0, 0.05) is 11.3 Å². The number of aryl methyl sites for hydroxylation is 1. The molecule has 0 spiro atoms. The Bertz CT molecular complexity index is 629. The molecule has 0 amide bonds. The first-order chi connectivity index (χ1) is 6.86. The molecule has 3 rings (SSSR count). The van der Waals surface area contributed by atoms with Crippen molar-refractivity contribution in [3.05, 3.63) is 20.7 Å². The molecule has 0 bridgehead atoms. The van der Waals surface area contributed by atoms with Crippen LogP contribution in [0.15, 0.2) is 4.79 Å². The second-order valence-electron chi connectivity index (χ2n) is 3.01. The summed E-state index contributed by atoms with van der Waals surface area (Å²) in [5.74, 6) is 5.82. The maximum atomic E-state index is 11.8. The predicted octanol–water partition coefficient (Wildman–Crippen LogP) is 0.677. The van der Waals surface area contributed by atoms with Crippen LogP contribution >= 0.6 is 11.3 Å². The molecule has 2 heterocycles. The van der Waals surface area contributed by atoms with Crippen molar-refractivity contribution >= 4 is 21.7 Å². The van der Waals surface area contributed by atoms with Crippen LogP contribution in [0.2, 0.25) is 0 Å². The molecule has 0 saturated heterocycles. The Morgan fingerprint density at radius 1 is 1.43 bits per heavy atom. The van der Waals surface area contributed by atoms with Gasteiger partial charge < -0.3 is 0 Å². The molecule has 0 aliphatic heterocycles. The SMILES string of the molecule is O=c1c2c(sc3n[nH]nc13)CCC#C2. The molecule has 68 valence electrons. The van der Waals surface area contributed by atoms with Crippen molar-refractivity contribution < 1.29 is 0 Å². The molecular weight excluding hydrogens is 198 g/mol. The maximum absolute atomic E-state index is 11.8. The molecule has 1 aliphatic carbocycles. The first-order valence-electron chi connectivity index (χ1n) is 4.21. The third-order valence-electron chi connectivity index (χ3n) is 2.15. The molecule has 5 heteroatoms. The summed E-state index contributed by atoms with van der Waals surface area (Å²) in [5.41, 5.74) is 0.933. The number of aromatic nitrogens is 3. The summed E-state index contributed by atoms with van der Waals surface area (Å²) in [6.07, 6.45) is 1.68. The average Bonchev–Trinajstić information content (AvgIpc) is 2.66. The molecule has 14 heavy (non-hydrogen) atoms. The van der Waals surface area contributed by atoms with Crippen LogP contribution < -0.4 is 5.43 Å². The topological polar surface area (TPSA) is 58.6 Å². The van der Waals surface area contributed by atoms with Crippen LogP contribution in [0.25, 0.3) is 10.3 Å². The lowest BCUT2D eigenvalue weighted by molar-refractivity contribution is 0.960. The van der Waals surface area contributed by atoms with Gasteiger partial charge in [0.2, 0.25) is 5.43 Å². The van der Waals surface area contributed by atoms with E-state index in [1.165, 1.54) is 11.3 Å². The Labute approximate surface area is 83.0 Å². The standard InChI is InChI=1S/C9H5N3OS/c13-8-5-3-1-2-4-6(5)14-9-7(8)10-12-11-9/h2,4H2,(H,10,11,12). The van der Waals surface area contributed by atoms with E-state index >= 15 is 0 Å². The molecule has 2 aromatic rings. The van der Waals surface area contributed by atoms with Crippen LogP contribution in [0.4, 0.5) is 0 Å². The van der Waals surface area contributed by atoms with Crippen LogP contribution in [-0.2, 0) is 6.42 Å². The van der Waals surface area contributed by atoms with Gasteiger partial charge in [0.1, 0.15) is 0 Å². The summed E-state index contributed by atoms with van der Waals surface area (Å²) in [6.45, 7) is 0. The number of hydrogen-bond acceptors (Lipinski definition) is 4. The van der Waals surface area contributed by atoms with E-state index in [1.54, 1.807) is 0 Å². The minimum absolute atomic E-state index is 0.0882. The molecule has 0 unspecified atom stereocenters. The van der Waals surface area contributed by atoms with Crippen molar-refractivity contribution in [3.8, 4) is 11.8 Å². The van der Waals surface area contributed by atoms with Crippen LogP contribution in [0.1, 0.15) is 16.9 Å². The lowest BCUT2D eigenvalue weighted by Crippen LogP contribution is -2.10. The fourth-order valence-electron chi connectivity index (χ4n) is 1.48. The second-order valence-corrected chi connectivity index (χ2v) is 4.09. The van der Waals surface area contributed by atoms with Gasteiger partial charge in [0.25, 0.3) is 0 Å². The highest BCUT2D eigenvalue weighted by molar-refractivity contribution is 7.18. The maximum Gasteiger partial charge on any atom is 0.225 e. The highest BCUT2D eigenvalue weighted by Crippen LogP contribution is 2.21. The lowest BCUT2D eigenvalue weighted by Gasteiger charge is -2.03. The number of rotatable bonds is 0. The molecular formula is C9H5N3OS. The first-order valence-corrected chi connectivity index (χ1v) is 5.03. The minimum atomic E-state index is -0.0882. The number of hydrogen-bond donors (Lipinski definition) is 1. The minimum Gasteiger partial charge on any atom is -0.286 e. The van der Waals surface area contributed by atoms with E-state index < -0.39 is 0 Å². The van der Waals surface area contributed by atoms with E-state index in [0.29, 0.717) is 15.9 Å². The van der Waals surface area contributed by atoms with Crippen molar-refractivity contribution in [2.24, 2.45) is 0 Å². The Hall–Kier alpha value is -1.67. The van der Waals surface area contributed by atoms with Gasteiger partial charge in [0.15, 0.2) is 10.3 Å². The van der Waals surface area contributed by atoms with Crippen LogP contribution in [0.3, 0.4) is 0 Å². The van der Waals surface area contributed by atoms with E-state index in [9.17, 15) is 4.79 Å². The largest absolute Gasteiger partial charge is 0.286 e. The van der Waals surface area contributed by atoms with Gasteiger partial charge in [-0.2, -0.15) is 10.3 Å². The molecule has 0 atom stereocenters. The Kier molecular flexibility index (Phi) is 1.46. The number of H-pyrrole nitrogens is 1. The normalized spacial score (nSPS) is 13.4. The summed E-state index contributed by atoms with van der Waals surface area (Å²) in [4.78, 5) is 13.5. The number of fused-ring (bicyclic) bond motifs is 2. The quantitative estimate of drug-likeness (QED) is 0.640. The van der Waals surface area contributed by atoms with Crippen LogP contribution in [-0.4, -0.2) is 15.4 Å². The highest BCUT2D eigenvalue weighted by atomic mass is 32.1. The molecule has 0 fully saturated rings. The smallest absolute Gasteiger partial charge is 0.225 e. The number of aromatic amines is 1. The van der Waals surface area contributed by atoms with Gasteiger partial charge in [0.05, 0.1) is 5.56 Å². The van der Waals surface area contributed by atoms with Gasteiger partial charge in [-0.1, -0.05) is 11.8 Å². The second kappa shape index (κ2) is 2.66. The van der Waals surface area contributed by atoms with Crippen molar-refractivity contribution in [1.29, 1.82) is 0 Å². The summed E-state index contributed by atoms with van der Waals surface area (Å²) in [5, 5.41) is 10.2. The Balaban J connectivity index is 2.53. The van der Waals surface area contributed by atoms with E-state index in [1.807, 2.05) is 0 Å². The van der Waals surface area contributed by atoms with Crippen molar-refractivity contribution in [1.82, 2.24) is 15.4 Å². The summed E-state index contributed by atoms with van der Waals surface area (Å²) in [6, 6.07) is 0. The number of nitrogens with zero attached hydrogens (tertiary/aromatic N) is 2. The average molecular weight is 203 g/mol. The van der Waals surface area contributed by atoms with Crippen LogP contribution in [0.5, 0.6) is 0 Å². The van der Waals surface area contributed by atoms with Gasteiger partial charge in [-0.25, -0.2) is 0 Å². The van der Waals surface area contributed by atoms with Gasteiger partial charge in [-0.3, -0.25) is 4.79 Å². The molecule has 0 saturated carbocycles. The van der Waals surface area contributed by atoms with Gasteiger partial charge in [-0.15, -0.1) is 16.4 Å². The lowest BCUT2D eigenvalue weighted by atomic mass is 10.1. The van der Waals surface area contributed by atoms with Crippen LogP contribution in [0, 0.1) is 11.8 Å². The Morgan fingerprint density at radius 3 is 3.29 bits per heavy atom. The third-order valence-corrected chi connectivity index (χ3v) is 3.28. The zero-order valence-corrected chi connectivity index (χ0v) is 7.94. The molecule has 0 radical (unpaired) electrons. The van der Waals surface area contributed by atoms with Crippen molar-refractivity contribution in [3.63, 3.8) is 0 Å². The molecule has 4 nitrogen and oxygen atoms in total. The third kappa shape index (κ3) is 0.916. The molecule has 1 N–H and O–H groups in total. The number of nitrogens with one attached hydrogen (secondary N) is 1. The fraction of sp³-hybridized carbons (Fsp3) is 0.222. The summed E-state index contributed by atoms with van der Waals surface area (Å²) < 4.78 is 0. The first kappa shape index (κ1) is 7.71. The van der Waals surface area contributed by atoms with E-state index in [0.717, 1.165) is 17.7 Å². The van der Waals surface area contributed by atoms with Crippen molar-refractivity contribution in [2.45, 2.75) is 12.8 Å². The van der Waals surface area contributed by atoms with Crippen molar-refractivity contribution in [2.75, 3.05) is 0 Å². The fourth-order valence-corrected chi connectivity index (χ4v) is 2.49. The Morgan fingerprint density at radius 2 is 2.36 bits per heavy atom. The summed E-state index contributed by atoms with van der Waals surface area (Å²) in [7, 11) is 0. The zero-order chi connectivity index (χ0) is 9.54. The summed E-state index contributed by atoms with van der Waals surface area (Å²) >= 11 is 1.50. The highest BCUT2D eigenvalue weighted by Gasteiger charge is 2.14. The van der Waals surface area contributed by atoms with E-state index in [-0.39, 0.29) is 5.43 Å². The van der Waals surface area contributed by atoms with Gasteiger partial charge >= 0.3 is 0 Å². The molecule has 1 aliphatic rings. The van der Waals surface area contributed by atoms with Gasteiger partial charge in [-0.05, 0) is 6.42 Å². The molecule has 2 aromatic heterocycles.